The lowest BCUT2D eigenvalue weighted by atomic mass is 10.1. The molecule has 1 amide bonds. The van der Waals surface area contributed by atoms with Crippen LogP contribution >= 0.6 is 11.3 Å². The molecule has 5 rings (SSSR count). The summed E-state index contributed by atoms with van der Waals surface area (Å²) in [6.07, 6.45) is 3.46. The Bertz CT molecular complexity index is 1420. The highest BCUT2D eigenvalue weighted by Crippen LogP contribution is 2.32. The maximum absolute atomic E-state index is 13.3. The zero-order valence-electron chi connectivity index (χ0n) is 18.0. The summed E-state index contributed by atoms with van der Waals surface area (Å²) in [7, 11) is 1.62. The number of rotatable bonds is 7. The molecule has 0 atom stereocenters. The van der Waals surface area contributed by atoms with Gasteiger partial charge in [-0.1, -0.05) is 47.7 Å². The Morgan fingerprint density at radius 3 is 2.64 bits per heavy atom. The van der Waals surface area contributed by atoms with Gasteiger partial charge in [0.2, 0.25) is 0 Å². The first-order valence-corrected chi connectivity index (χ1v) is 11.3. The summed E-state index contributed by atoms with van der Waals surface area (Å²) in [4.78, 5) is 23.8. The maximum Gasteiger partial charge on any atom is 0.267 e. The number of ether oxygens (including phenoxy) is 2. The van der Waals surface area contributed by atoms with Crippen LogP contribution in [0.1, 0.15) is 5.56 Å². The monoisotopic (exact) mass is 455 g/mol. The van der Waals surface area contributed by atoms with Gasteiger partial charge in [-0.3, -0.25) is 14.7 Å². The van der Waals surface area contributed by atoms with Gasteiger partial charge in [0, 0.05) is 18.5 Å². The van der Waals surface area contributed by atoms with Gasteiger partial charge in [-0.05, 0) is 46.7 Å². The summed E-state index contributed by atoms with van der Waals surface area (Å²) in [6.45, 7) is 0.253. The molecule has 3 aromatic carbocycles. The van der Waals surface area contributed by atoms with Crippen LogP contribution < -0.4 is 14.4 Å². The van der Waals surface area contributed by atoms with Crippen LogP contribution in [0.5, 0.6) is 11.5 Å². The number of amides is 1. The van der Waals surface area contributed by atoms with Crippen molar-refractivity contribution in [2.24, 2.45) is 0 Å². The fourth-order valence-electron chi connectivity index (χ4n) is 3.55. The Kier molecular flexibility index (Phi) is 5.87. The Morgan fingerprint density at radius 1 is 0.970 bits per heavy atom. The van der Waals surface area contributed by atoms with E-state index >= 15 is 0 Å². The number of fused-ring (bicyclic) bond motifs is 2. The Hall–Kier alpha value is -3.97. The lowest BCUT2D eigenvalue weighted by molar-refractivity contribution is -0.120. The van der Waals surface area contributed by atoms with E-state index in [0.717, 1.165) is 32.3 Å². The van der Waals surface area contributed by atoms with E-state index in [2.05, 4.69) is 4.98 Å². The molecule has 0 aliphatic carbocycles. The Morgan fingerprint density at radius 2 is 1.82 bits per heavy atom. The second-order valence-corrected chi connectivity index (χ2v) is 8.48. The van der Waals surface area contributed by atoms with Crippen molar-refractivity contribution in [1.29, 1.82) is 0 Å². The lowest BCUT2D eigenvalue weighted by Gasteiger charge is -2.20. The van der Waals surface area contributed by atoms with E-state index in [-0.39, 0.29) is 12.5 Å². The van der Waals surface area contributed by atoms with E-state index in [0.29, 0.717) is 17.4 Å². The van der Waals surface area contributed by atoms with Crippen LogP contribution in [0.25, 0.3) is 21.0 Å². The first-order chi connectivity index (χ1) is 16.2. The number of nitrogens with zero attached hydrogens (tertiary/aromatic N) is 3. The second-order valence-electron chi connectivity index (χ2n) is 7.47. The molecule has 0 radical (unpaired) electrons. The molecule has 0 bridgehead atoms. The molecule has 2 heterocycles. The first kappa shape index (κ1) is 20.9. The van der Waals surface area contributed by atoms with Crippen molar-refractivity contribution in [2.75, 3.05) is 18.6 Å². The third kappa shape index (κ3) is 4.63. The van der Waals surface area contributed by atoms with Gasteiger partial charge in [-0.2, -0.15) is 0 Å². The van der Waals surface area contributed by atoms with Crippen molar-refractivity contribution in [3.05, 3.63) is 90.8 Å². The zero-order valence-corrected chi connectivity index (χ0v) is 18.8. The van der Waals surface area contributed by atoms with Crippen LogP contribution in [-0.4, -0.2) is 29.6 Å². The summed E-state index contributed by atoms with van der Waals surface area (Å²) in [6, 6.07) is 23.4. The van der Waals surface area contributed by atoms with Gasteiger partial charge in [-0.25, -0.2) is 4.98 Å². The Labute approximate surface area is 195 Å². The molecule has 6 nitrogen and oxygen atoms in total. The number of carbonyl (C=O) groups is 1. The number of hydrogen-bond donors (Lipinski definition) is 0. The molecule has 0 aliphatic rings. The summed E-state index contributed by atoms with van der Waals surface area (Å²) in [5.41, 5.74) is 1.70. The van der Waals surface area contributed by atoms with Gasteiger partial charge in [0.25, 0.3) is 5.91 Å². The van der Waals surface area contributed by atoms with E-state index in [9.17, 15) is 4.79 Å². The van der Waals surface area contributed by atoms with Crippen LogP contribution in [0.15, 0.2) is 85.2 Å². The predicted octanol–water partition coefficient (Wildman–Crippen LogP) is 5.47. The largest absolute Gasteiger partial charge is 0.497 e. The molecular formula is C26H21N3O3S. The topological polar surface area (TPSA) is 64.5 Å². The van der Waals surface area contributed by atoms with Gasteiger partial charge < -0.3 is 9.47 Å². The van der Waals surface area contributed by atoms with Crippen LogP contribution in [0.3, 0.4) is 0 Å². The van der Waals surface area contributed by atoms with E-state index in [1.807, 2.05) is 72.8 Å². The average Bonchev–Trinajstić information content (AvgIpc) is 3.29. The van der Waals surface area contributed by atoms with Crippen molar-refractivity contribution in [3.63, 3.8) is 0 Å². The second kappa shape index (κ2) is 9.26. The molecule has 2 aromatic heterocycles. The standard InChI is InChI=1S/C26H21N3O3S/c1-31-21-10-11-24-23(14-21)28-26(33-24)29(16-18-5-4-12-27-15-18)25(30)17-32-22-9-8-19-6-2-3-7-20(19)13-22/h2-15H,16-17H2,1H3. The molecule has 33 heavy (non-hydrogen) atoms. The number of aromatic nitrogens is 2. The van der Waals surface area contributed by atoms with Crippen LogP contribution in [0, 0.1) is 0 Å². The van der Waals surface area contributed by atoms with Crippen molar-refractivity contribution >= 4 is 43.4 Å². The van der Waals surface area contributed by atoms with Gasteiger partial charge >= 0.3 is 0 Å². The molecule has 0 N–H and O–H groups in total. The quantitative estimate of drug-likeness (QED) is 0.326. The maximum atomic E-state index is 13.3. The molecular weight excluding hydrogens is 434 g/mol. The zero-order chi connectivity index (χ0) is 22.6. The lowest BCUT2D eigenvalue weighted by Crippen LogP contribution is -2.34. The first-order valence-electron chi connectivity index (χ1n) is 10.4. The van der Waals surface area contributed by atoms with E-state index in [4.69, 9.17) is 14.5 Å². The minimum Gasteiger partial charge on any atom is -0.497 e. The fourth-order valence-corrected chi connectivity index (χ4v) is 4.52. The van der Waals surface area contributed by atoms with Crippen LogP contribution in [-0.2, 0) is 11.3 Å². The number of methoxy groups -OCH3 is 1. The number of anilines is 1. The van der Waals surface area contributed by atoms with Gasteiger partial charge in [0.05, 0.1) is 23.9 Å². The molecule has 0 aliphatic heterocycles. The van der Waals surface area contributed by atoms with E-state index in [1.165, 1.54) is 11.3 Å². The SMILES string of the molecule is COc1ccc2sc(N(Cc3cccnc3)C(=O)COc3ccc4ccccc4c3)nc2c1. The summed E-state index contributed by atoms with van der Waals surface area (Å²) < 4.78 is 12.2. The van der Waals surface area contributed by atoms with Crippen LogP contribution in [0.2, 0.25) is 0 Å². The van der Waals surface area contributed by atoms with Gasteiger partial charge in [-0.15, -0.1) is 0 Å². The van der Waals surface area contributed by atoms with Gasteiger partial charge in [0.15, 0.2) is 11.7 Å². The summed E-state index contributed by atoms with van der Waals surface area (Å²) in [5, 5.41) is 2.79. The highest BCUT2D eigenvalue weighted by Gasteiger charge is 2.21. The van der Waals surface area contributed by atoms with Crippen molar-refractivity contribution in [2.45, 2.75) is 6.54 Å². The molecule has 5 aromatic rings. The van der Waals surface area contributed by atoms with E-state index in [1.54, 1.807) is 24.4 Å². The normalized spacial score (nSPS) is 10.9. The number of hydrogen-bond acceptors (Lipinski definition) is 6. The average molecular weight is 456 g/mol. The highest BCUT2D eigenvalue weighted by molar-refractivity contribution is 7.22. The number of carbonyl (C=O) groups excluding carboxylic acids is 1. The molecule has 7 heteroatoms. The molecule has 0 unspecified atom stereocenters. The third-order valence-corrected chi connectivity index (χ3v) is 6.32. The molecule has 164 valence electrons. The number of pyridine rings is 1. The summed E-state index contributed by atoms with van der Waals surface area (Å²) >= 11 is 1.46. The third-order valence-electron chi connectivity index (χ3n) is 5.26. The van der Waals surface area contributed by atoms with Crippen LogP contribution in [0.4, 0.5) is 5.13 Å². The number of thiazole rings is 1. The minimum absolute atomic E-state index is 0.0994. The fraction of sp³-hybridized carbons (Fsp3) is 0.115. The van der Waals surface area contributed by atoms with Crippen molar-refractivity contribution < 1.29 is 14.3 Å². The minimum atomic E-state index is -0.182. The Balaban J connectivity index is 1.41. The predicted molar refractivity (Wildman–Crippen MR) is 131 cm³/mol. The molecule has 0 spiro atoms. The van der Waals surface area contributed by atoms with Gasteiger partial charge in [0.1, 0.15) is 11.5 Å². The molecule has 0 saturated carbocycles. The number of benzene rings is 3. The highest BCUT2D eigenvalue weighted by atomic mass is 32.1. The van der Waals surface area contributed by atoms with Crippen molar-refractivity contribution in [3.8, 4) is 11.5 Å². The van der Waals surface area contributed by atoms with E-state index < -0.39 is 0 Å². The smallest absolute Gasteiger partial charge is 0.267 e. The molecule has 0 fully saturated rings. The molecule has 0 saturated heterocycles. The van der Waals surface area contributed by atoms with Crippen molar-refractivity contribution in [1.82, 2.24) is 9.97 Å². The summed E-state index contributed by atoms with van der Waals surface area (Å²) in [5.74, 6) is 1.19.